The summed E-state index contributed by atoms with van der Waals surface area (Å²) in [5.74, 6) is -2.09. The third-order valence-corrected chi connectivity index (χ3v) is 2.10. The van der Waals surface area contributed by atoms with Crippen LogP contribution >= 0.6 is 11.6 Å². The van der Waals surface area contributed by atoms with Crippen LogP contribution in [0.25, 0.3) is 0 Å². The summed E-state index contributed by atoms with van der Waals surface area (Å²) >= 11 is 5.49. The average molecular weight is 246 g/mol. The van der Waals surface area contributed by atoms with Crippen LogP contribution in [0, 0.1) is 5.82 Å². The molecule has 0 aromatic heterocycles. The molecule has 0 atom stereocenters. The van der Waals surface area contributed by atoms with Gasteiger partial charge in [0.25, 0.3) is 5.91 Å². The quantitative estimate of drug-likeness (QED) is 0.848. The van der Waals surface area contributed by atoms with E-state index in [4.69, 9.17) is 16.7 Å². The lowest BCUT2D eigenvalue weighted by Crippen LogP contribution is -2.25. The molecule has 0 spiro atoms. The fraction of sp³-hybridized carbons (Fsp3) is 0.200. The van der Waals surface area contributed by atoms with Crippen molar-refractivity contribution in [3.63, 3.8) is 0 Å². The molecule has 1 aromatic carbocycles. The number of benzene rings is 1. The predicted molar refractivity (Wildman–Crippen MR) is 56.0 cm³/mol. The van der Waals surface area contributed by atoms with E-state index in [0.29, 0.717) is 0 Å². The van der Waals surface area contributed by atoms with Crippen LogP contribution in [0.1, 0.15) is 16.8 Å². The van der Waals surface area contributed by atoms with Crippen LogP contribution in [0.4, 0.5) is 4.39 Å². The third-order valence-electron chi connectivity index (χ3n) is 1.81. The number of hydrogen-bond donors (Lipinski definition) is 2. The Morgan fingerprint density at radius 2 is 2.12 bits per heavy atom. The van der Waals surface area contributed by atoms with Gasteiger partial charge in [-0.1, -0.05) is 11.6 Å². The average Bonchev–Trinajstić information content (AvgIpc) is 2.21. The van der Waals surface area contributed by atoms with Crippen molar-refractivity contribution in [3.8, 4) is 0 Å². The Labute approximate surface area is 96.0 Å². The Balaban J connectivity index is 2.59. The Hall–Kier alpha value is -1.62. The highest BCUT2D eigenvalue weighted by Crippen LogP contribution is 2.15. The second-order valence-corrected chi connectivity index (χ2v) is 3.44. The molecule has 0 aliphatic carbocycles. The van der Waals surface area contributed by atoms with Gasteiger partial charge in [0, 0.05) is 12.1 Å². The molecule has 0 saturated heterocycles. The standard InChI is InChI=1S/C10H9ClFNO3/c11-7-5-6(1-2-8(7)12)10(16)13-4-3-9(14)15/h1-2,5H,3-4H2,(H,13,16)(H,14,15). The molecule has 0 saturated carbocycles. The SMILES string of the molecule is O=C(O)CCNC(=O)c1ccc(F)c(Cl)c1. The Morgan fingerprint density at radius 3 is 2.69 bits per heavy atom. The fourth-order valence-corrected chi connectivity index (χ4v) is 1.20. The van der Waals surface area contributed by atoms with Gasteiger partial charge in [-0.05, 0) is 18.2 Å². The summed E-state index contributed by atoms with van der Waals surface area (Å²) in [6.07, 6.45) is -0.166. The number of nitrogens with one attached hydrogen (secondary N) is 1. The van der Waals surface area contributed by atoms with Crippen LogP contribution in [0.15, 0.2) is 18.2 Å². The van der Waals surface area contributed by atoms with Crippen LogP contribution in [0.2, 0.25) is 5.02 Å². The van der Waals surface area contributed by atoms with Gasteiger partial charge in [0.05, 0.1) is 11.4 Å². The van der Waals surface area contributed by atoms with E-state index in [1.54, 1.807) is 0 Å². The number of rotatable bonds is 4. The minimum Gasteiger partial charge on any atom is -0.481 e. The maximum Gasteiger partial charge on any atom is 0.305 e. The molecule has 6 heteroatoms. The zero-order valence-corrected chi connectivity index (χ0v) is 8.92. The first kappa shape index (κ1) is 12.4. The lowest BCUT2D eigenvalue weighted by molar-refractivity contribution is -0.136. The zero-order valence-electron chi connectivity index (χ0n) is 8.17. The van der Waals surface area contributed by atoms with Gasteiger partial charge in [0.2, 0.25) is 0 Å². The number of carbonyl (C=O) groups is 2. The molecular formula is C10H9ClFNO3. The summed E-state index contributed by atoms with van der Waals surface area (Å²) < 4.78 is 12.8. The second kappa shape index (κ2) is 5.46. The lowest BCUT2D eigenvalue weighted by Gasteiger charge is -2.04. The number of hydrogen-bond acceptors (Lipinski definition) is 2. The van der Waals surface area contributed by atoms with Crippen molar-refractivity contribution in [2.24, 2.45) is 0 Å². The summed E-state index contributed by atoms with van der Waals surface area (Å²) in [6.45, 7) is 0.0170. The van der Waals surface area contributed by atoms with Crippen molar-refractivity contribution in [1.82, 2.24) is 5.32 Å². The first-order chi connectivity index (χ1) is 7.50. The molecule has 1 rings (SSSR count). The minimum atomic E-state index is -1.00. The van der Waals surface area contributed by atoms with Gasteiger partial charge in [-0.3, -0.25) is 9.59 Å². The van der Waals surface area contributed by atoms with Crippen molar-refractivity contribution < 1.29 is 19.1 Å². The highest BCUT2D eigenvalue weighted by molar-refractivity contribution is 6.31. The van der Waals surface area contributed by atoms with E-state index in [9.17, 15) is 14.0 Å². The van der Waals surface area contributed by atoms with Crippen molar-refractivity contribution in [2.75, 3.05) is 6.54 Å². The molecule has 16 heavy (non-hydrogen) atoms. The van der Waals surface area contributed by atoms with E-state index in [1.807, 2.05) is 0 Å². The Morgan fingerprint density at radius 1 is 1.44 bits per heavy atom. The number of aliphatic carboxylic acids is 1. The maximum absolute atomic E-state index is 12.8. The predicted octanol–water partition coefficient (Wildman–Crippen LogP) is 1.68. The zero-order chi connectivity index (χ0) is 12.1. The van der Waals surface area contributed by atoms with E-state index >= 15 is 0 Å². The summed E-state index contributed by atoms with van der Waals surface area (Å²) in [7, 11) is 0. The topological polar surface area (TPSA) is 66.4 Å². The number of halogens is 2. The largest absolute Gasteiger partial charge is 0.481 e. The molecule has 1 amide bonds. The molecular weight excluding hydrogens is 237 g/mol. The van der Waals surface area contributed by atoms with E-state index in [0.717, 1.165) is 6.07 Å². The van der Waals surface area contributed by atoms with Gasteiger partial charge in [-0.15, -0.1) is 0 Å². The van der Waals surface area contributed by atoms with E-state index in [-0.39, 0.29) is 23.6 Å². The fourth-order valence-electron chi connectivity index (χ4n) is 1.02. The molecule has 2 N–H and O–H groups in total. The van der Waals surface area contributed by atoms with Gasteiger partial charge < -0.3 is 10.4 Å². The molecule has 0 unspecified atom stereocenters. The number of carboxylic acids is 1. The molecule has 0 aliphatic heterocycles. The van der Waals surface area contributed by atoms with Crippen molar-refractivity contribution in [1.29, 1.82) is 0 Å². The van der Waals surface area contributed by atoms with Gasteiger partial charge in [-0.25, -0.2) is 4.39 Å². The van der Waals surface area contributed by atoms with Crippen molar-refractivity contribution in [2.45, 2.75) is 6.42 Å². The summed E-state index contributed by atoms with van der Waals surface area (Å²) in [5, 5.41) is 10.6. The van der Waals surface area contributed by atoms with Gasteiger partial charge in [-0.2, -0.15) is 0 Å². The van der Waals surface area contributed by atoms with Gasteiger partial charge in [0.1, 0.15) is 5.82 Å². The van der Waals surface area contributed by atoms with Crippen LogP contribution in [0.3, 0.4) is 0 Å². The molecule has 4 nitrogen and oxygen atoms in total. The number of amides is 1. The smallest absolute Gasteiger partial charge is 0.305 e. The molecule has 0 fully saturated rings. The minimum absolute atomic E-state index is 0.0170. The molecule has 86 valence electrons. The van der Waals surface area contributed by atoms with Crippen LogP contribution in [0.5, 0.6) is 0 Å². The molecule has 0 heterocycles. The highest BCUT2D eigenvalue weighted by atomic mass is 35.5. The van der Waals surface area contributed by atoms with Crippen molar-refractivity contribution >= 4 is 23.5 Å². The van der Waals surface area contributed by atoms with E-state index in [2.05, 4.69) is 5.32 Å². The normalized spacial score (nSPS) is 9.88. The van der Waals surface area contributed by atoms with E-state index < -0.39 is 17.7 Å². The van der Waals surface area contributed by atoms with E-state index in [1.165, 1.54) is 12.1 Å². The van der Waals surface area contributed by atoms with Crippen molar-refractivity contribution in [3.05, 3.63) is 34.6 Å². The molecule has 0 bridgehead atoms. The first-order valence-corrected chi connectivity index (χ1v) is 4.83. The van der Waals surface area contributed by atoms with Crippen LogP contribution < -0.4 is 5.32 Å². The number of carboxylic acid groups (broad SMARTS) is 1. The molecule has 1 aromatic rings. The molecule has 0 radical (unpaired) electrons. The first-order valence-electron chi connectivity index (χ1n) is 4.45. The van der Waals surface area contributed by atoms with Gasteiger partial charge >= 0.3 is 5.97 Å². The number of carbonyl (C=O) groups excluding carboxylic acids is 1. The lowest BCUT2D eigenvalue weighted by atomic mass is 10.2. The van der Waals surface area contributed by atoms with Gasteiger partial charge in [0.15, 0.2) is 0 Å². The summed E-state index contributed by atoms with van der Waals surface area (Å²) in [6, 6.07) is 3.54. The van der Waals surface area contributed by atoms with Crippen LogP contribution in [-0.4, -0.2) is 23.5 Å². The summed E-state index contributed by atoms with van der Waals surface area (Å²) in [5.41, 5.74) is 0.191. The molecule has 0 aliphatic rings. The Kier molecular flexibility index (Phi) is 4.25. The highest BCUT2D eigenvalue weighted by Gasteiger charge is 2.08. The third kappa shape index (κ3) is 3.51. The monoisotopic (exact) mass is 245 g/mol. The summed E-state index contributed by atoms with van der Waals surface area (Å²) in [4.78, 5) is 21.6. The second-order valence-electron chi connectivity index (χ2n) is 3.03. The maximum atomic E-state index is 12.8. The Bertz CT molecular complexity index is 423. The van der Waals surface area contributed by atoms with Crippen LogP contribution in [-0.2, 0) is 4.79 Å².